The van der Waals surface area contributed by atoms with Gasteiger partial charge in [0.15, 0.2) is 5.78 Å². The molecule has 0 N–H and O–H groups in total. The molecule has 2 aromatic rings. The zero-order chi connectivity index (χ0) is 25.8. The molecule has 0 heterocycles. The minimum atomic E-state index is -1.72. The van der Waals surface area contributed by atoms with Gasteiger partial charge in [-0.15, -0.1) is 23.2 Å². The molecule has 0 radical (unpaired) electrons. The van der Waals surface area contributed by atoms with E-state index >= 15 is 0 Å². The Hall–Kier alpha value is 0.0525. The number of Topliss-reactive ketones (excluding diaryl/α,β-unsaturated/α-hetero) is 1. The van der Waals surface area contributed by atoms with Gasteiger partial charge in [-0.2, -0.15) is 0 Å². The van der Waals surface area contributed by atoms with Crippen LogP contribution < -0.4 is 0 Å². The van der Waals surface area contributed by atoms with Crippen LogP contribution in [0.4, 0.5) is 0 Å². The fraction of sp³-hybridized carbons (Fsp3) is 0.417. The fourth-order valence-electron chi connectivity index (χ4n) is 2.03. The molecule has 0 fully saturated rings. The quantitative estimate of drug-likeness (QED) is 0.140. The molecule has 0 aromatic heterocycles. The van der Waals surface area contributed by atoms with Gasteiger partial charge in [-0.3, -0.25) is 9.59 Å². The normalized spacial score (nSPS) is 9.58. The van der Waals surface area contributed by atoms with Crippen molar-refractivity contribution >= 4 is 87.4 Å². The number of carbonyl (C=O) groups is 2. The van der Waals surface area contributed by atoms with E-state index in [1.54, 1.807) is 13.8 Å². The largest absolute Gasteiger partial charge is 0.643 e. The predicted octanol–water partition coefficient (Wildman–Crippen LogP) is 8.87. The van der Waals surface area contributed by atoms with Crippen molar-refractivity contribution in [1.82, 2.24) is 0 Å². The molecule has 2 nitrogen and oxygen atoms in total. The van der Waals surface area contributed by atoms with E-state index in [9.17, 15) is 9.59 Å². The highest BCUT2D eigenvalue weighted by molar-refractivity contribution is 7.54. The predicted molar refractivity (Wildman–Crippen MR) is 150 cm³/mol. The van der Waals surface area contributed by atoms with E-state index in [4.69, 9.17) is 65.0 Å². The van der Waals surface area contributed by atoms with Crippen molar-refractivity contribution in [3.8, 4) is 0 Å². The first kappa shape index (κ1) is 35.2. The maximum atomic E-state index is 11.6. The number of aryl methyl sites for hydroxylation is 2. The van der Waals surface area contributed by atoms with Crippen LogP contribution in [0.5, 0.6) is 0 Å². The molecule has 9 heteroatoms. The molecule has 33 heavy (non-hydrogen) atoms. The van der Waals surface area contributed by atoms with Crippen LogP contribution in [0.3, 0.4) is 0 Å². The Kier molecular flexibility index (Phi) is 24.0. The average Bonchev–Trinajstić information content (AvgIpc) is 2.75. The zero-order valence-electron chi connectivity index (χ0n) is 19.3. The summed E-state index contributed by atoms with van der Waals surface area (Å²) in [4.78, 5) is 21.5. The molecule has 0 amide bonds. The summed E-state index contributed by atoms with van der Waals surface area (Å²) in [6, 6.07) is 17.9. The van der Waals surface area contributed by atoms with E-state index < -0.39 is 11.4 Å². The van der Waals surface area contributed by atoms with Crippen molar-refractivity contribution in [2.45, 2.75) is 40.5 Å². The van der Waals surface area contributed by atoms with E-state index in [0.717, 1.165) is 18.4 Å². The summed E-state index contributed by atoms with van der Waals surface area (Å²) in [5.74, 6) is 1.57. The number of hydrogen-bond acceptors (Lipinski definition) is 2. The second-order valence-corrected chi connectivity index (χ2v) is 14.8. The molecule has 2 aromatic carbocycles. The van der Waals surface area contributed by atoms with E-state index in [2.05, 4.69) is 12.1 Å². The number of carbonyl (C=O) groups excluding carboxylic acids is 2. The smallest absolute Gasteiger partial charge is 0.294 e. The monoisotopic (exact) mass is 588 g/mol. The number of alkyl halides is 2. The summed E-state index contributed by atoms with van der Waals surface area (Å²) in [6.07, 6.45) is 1.83. The molecule has 0 spiro atoms. The van der Waals surface area contributed by atoms with Crippen LogP contribution in [-0.4, -0.2) is 34.2 Å². The molecular formula is C24H31AlCl6O2. The maximum absolute atomic E-state index is 11.6. The first-order valence-electron chi connectivity index (χ1n) is 10.4. The molecule has 0 atom stereocenters. The van der Waals surface area contributed by atoms with Gasteiger partial charge in [0.1, 0.15) is 0 Å². The lowest BCUT2D eigenvalue weighted by molar-refractivity contribution is -0.114. The van der Waals surface area contributed by atoms with Crippen LogP contribution in [0, 0.1) is 11.8 Å². The van der Waals surface area contributed by atoms with Gasteiger partial charge >= 0.3 is 11.4 Å². The summed E-state index contributed by atoms with van der Waals surface area (Å²) < 4.78 is 0. The molecule has 2 rings (SSSR count). The standard InChI is InChI=1S/C12H15ClO.C8H9Cl.C4H7ClO.Al.3ClH/c1-9(2)12(14)11-5-3-10(4-6-11)7-8-13;9-7-6-8-4-2-1-3-5-8;1-3(2)4(5)6;;;;/h3-6,9H,7-8H2,1-2H3;1-5H,6-7H2;3H,1-2H3;;3*1H/q;;;+3;;;/p-3. The first-order chi connectivity index (χ1) is 15.5. The van der Waals surface area contributed by atoms with Gasteiger partial charge < -0.3 is 0 Å². The third kappa shape index (κ3) is 22.3. The minimum absolute atomic E-state index is 0.0216. The van der Waals surface area contributed by atoms with E-state index in [0.29, 0.717) is 11.8 Å². The molecular weight excluding hydrogens is 560 g/mol. The number of halogens is 6. The molecule has 0 aliphatic heterocycles. The van der Waals surface area contributed by atoms with Gasteiger partial charge in [0, 0.05) is 29.2 Å². The van der Waals surface area contributed by atoms with Crippen molar-refractivity contribution in [3.63, 3.8) is 0 Å². The van der Waals surface area contributed by atoms with Gasteiger partial charge in [-0.25, -0.2) is 30.1 Å². The number of ketones is 1. The lowest BCUT2D eigenvalue weighted by Crippen LogP contribution is -2.07. The number of hydrogen-bond donors (Lipinski definition) is 0. The molecule has 0 saturated heterocycles. The van der Waals surface area contributed by atoms with Crippen molar-refractivity contribution < 1.29 is 9.59 Å². The molecule has 0 aliphatic carbocycles. The van der Waals surface area contributed by atoms with Crippen LogP contribution in [0.15, 0.2) is 54.6 Å². The van der Waals surface area contributed by atoms with E-state index in [1.165, 1.54) is 11.1 Å². The van der Waals surface area contributed by atoms with E-state index in [-0.39, 0.29) is 22.9 Å². The third-order valence-electron chi connectivity index (χ3n) is 3.83. The summed E-state index contributed by atoms with van der Waals surface area (Å²) in [7, 11) is 14.8. The Morgan fingerprint density at radius 2 is 1.09 bits per heavy atom. The fourth-order valence-corrected chi connectivity index (χ4v) is 2.47. The summed E-state index contributed by atoms with van der Waals surface area (Å²) in [5, 5.41) is -0.269. The van der Waals surface area contributed by atoms with Crippen LogP contribution in [0.2, 0.25) is 0 Å². The van der Waals surface area contributed by atoms with Crippen molar-refractivity contribution in [1.29, 1.82) is 0 Å². The SMILES string of the molecule is CC(C)C(=O)Cl.CC(C)C(=O)c1ccc(CCCl)cc1.ClCCc1ccccc1.[Cl][Al]([Cl])[Cl]. The lowest BCUT2D eigenvalue weighted by Gasteiger charge is -2.04. The molecule has 0 saturated carbocycles. The Labute approximate surface area is 230 Å². The third-order valence-corrected chi connectivity index (χ3v) is 4.64. The van der Waals surface area contributed by atoms with Crippen molar-refractivity contribution in [2.24, 2.45) is 11.8 Å². The molecule has 0 aliphatic rings. The summed E-state index contributed by atoms with van der Waals surface area (Å²) in [5.41, 5.74) is 3.28. The Morgan fingerprint density at radius 3 is 1.39 bits per heavy atom. The Balaban J connectivity index is 0. The van der Waals surface area contributed by atoms with Gasteiger partial charge in [0.2, 0.25) is 5.24 Å². The highest BCUT2D eigenvalue weighted by atomic mass is 35.8. The summed E-state index contributed by atoms with van der Waals surface area (Å²) >= 11 is 14.4. The van der Waals surface area contributed by atoms with E-state index in [1.807, 2.05) is 56.3 Å². The second kappa shape index (κ2) is 22.5. The maximum Gasteiger partial charge on any atom is 0.643 e. The average molecular weight is 591 g/mol. The Morgan fingerprint density at radius 1 is 0.727 bits per heavy atom. The minimum Gasteiger partial charge on any atom is -0.294 e. The van der Waals surface area contributed by atoms with Gasteiger partial charge in [-0.05, 0) is 35.6 Å². The summed E-state index contributed by atoms with van der Waals surface area (Å²) in [6.45, 7) is 7.34. The number of benzene rings is 2. The zero-order valence-corrected chi connectivity index (χ0v) is 25.0. The lowest BCUT2D eigenvalue weighted by atomic mass is 10.00. The van der Waals surface area contributed by atoms with Crippen LogP contribution >= 0.6 is 65.0 Å². The first-order valence-corrected chi connectivity index (χ1v) is 17.0. The highest BCUT2D eigenvalue weighted by Gasteiger charge is 2.09. The van der Waals surface area contributed by atoms with Gasteiger partial charge in [-0.1, -0.05) is 82.3 Å². The van der Waals surface area contributed by atoms with Crippen molar-refractivity contribution in [2.75, 3.05) is 11.8 Å². The van der Waals surface area contributed by atoms with Crippen LogP contribution in [0.1, 0.15) is 49.2 Å². The second-order valence-electron chi connectivity index (χ2n) is 7.29. The number of rotatable bonds is 7. The van der Waals surface area contributed by atoms with Crippen LogP contribution in [-0.2, 0) is 17.6 Å². The highest BCUT2D eigenvalue weighted by Crippen LogP contribution is 2.10. The molecule has 0 bridgehead atoms. The van der Waals surface area contributed by atoms with Gasteiger partial charge in [0.05, 0.1) is 0 Å². The van der Waals surface area contributed by atoms with Crippen molar-refractivity contribution in [3.05, 3.63) is 71.3 Å². The van der Waals surface area contributed by atoms with Crippen LogP contribution in [0.25, 0.3) is 0 Å². The topological polar surface area (TPSA) is 34.1 Å². The Bertz CT molecular complexity index is 751. The molecule has 184 valence electrons. The molecule has 0 unspecified atom stereocenters. The van der Waals surface area contributed by atoms with Gasteiger partial charge in [0.25, 0.3) is 0 Å².